The van der Waals surface area contributed by atoms with Crippen LogP contribution < -0.4 is 10.5 Å². The molecule has 0 saturated heterocycles. The first-order valence-electron chi connectivity index (χ1n) is 6.31. The highest BCUT2D eigenvalue weighted by Crippen LogP contribution is 2.09. The molecule has 0 atom stereocenters. The lowest BCUT2D eigenvalue weighted by atomic mass is 10.2. The van der Waals surface area contributed by atoms with E-state index in [2.05, 4.69) is 4.98 Å². The Labute approximate surface area is 117 Å². The first-order chi connectivity index (χ1) is 9.77. The first-order valence-corrected chi connectivity index (χ1v) is 6.31. The molecule has 0 aliphatic rings. The van der Waals surface area contributed by atoms with Crippen LogP contribution in [0.4, 0.5) is 0 Å². The summed E-state index contributed by atoms with van der Waals surface area (Å²) in [6.45, 7) is 1.29. The number of nitrogens with one attached hydrogen (secondary N) is 1. The molecule has 5 heteroatoms. The topological polar surface area (TPSA) is 81.2 Å². The second-order valence-electron chi connectivity index (χ2n) is 4.14. The average molecular weight is 271 g/mol. The number of hydrogen-bond donors (Lipinski definition) is 2. The Morgan fingerprint density at radius 1 is 1.10 bits per heavy atom. The standard InChI is InChI=1S/C15H17N3O2/c16-15(17)14-12(5-4-8-18-14)11-19-9-10-20-13-6-2-1-3-7-13/h1-8H,9-11H2,(H3,16,17). The van der Waals surface area contributed by atoms with Crippen molar-refractivity contribution in [2.75, 3.05) is 13.2 Å². The summed E-state index contributed by atoms with van der Waals surface area (Å²) in [5.74, 6) is 0.770. The minimum absolute atomic E-state index is 0.0512. The van der Waals surface area contributed by atoms with Crippen molar-refractivity contribution in [1.29, 1.82) is 5.41 Å². The fourth-order valence-electron chi connectivity index (χ4n) is 1.71. The molecule has 0 radical (unpaired) electrons. The molecule has 0 amide bonds. The zero-order valence-electron chi connectivity index (χ0n) is 11.1. The molecule has 5 nitrogen and oxygen atoms in total. The van der Waals surface area contributed by atoms with Gasteiger partial charge in [0.1, 0.15) is 23.9 Å². The van der Waals surface area contributed by atoms with Gasteiger partial charge in [-0.3, -0.25) is 10.4 Å². The molecule has 1 aromatic heterocycles. The molecule has 1 aromatic carbocycles. The van der Waals surface area contributed by atoms with Gasteiger partial charge < -0.3 is 15.2 Å². The van der Waals surface area contributed by atoms with E-state index >= 15 is 0 Å². The van der Waals surface area contributed by atoms with Crippen LogP contribution in [0.3, 0.4) is 0 Å². The SMILES string of the molecule is N=C(N)c1ncccc1COCCOc1ccccc1. The number of ether oxygens (including phenoxy) is 2. The number of benzene rings is 1. The molecule has 0 unspecified atom stereocenters. The number of nitrogens with zero attached hydrogens (tertiary/aromatic N) is 1. The fraction of sp³-hybridized carbons (Fsp3) is 0.200. The molecular weight excluding hydrogens is 254 g/mol. The van der Waals surface area contributed by atoms with Crippen LogP contribution in [0.25, 0.3) is 0 Å². The molecule has 2 aromatic rings. The number of hydrogen-bond acceptors (Lipinski definition) is 4. The van der Waals surface area contributed by atoms with Crippen molar-refractivity contribution in [3.05, 3.63) is 59.9 Å². The maximum absolute atomic E-state index is 7.44. The minimum atomic E-state index is -0.0512. The van der Waals surface area contributed by atoms with Gasteiger partial charge in [0.2, 0.25) is 0 Å². The molecule has 0 aliphatic carbocycles. The summed E-state index contributed by atoms with van der Waals surface area (Å²) in [5.41, 5.74) is 6.74. The van der Waals surface area contributed by atoms with Crippen molar-refractivity contribution < 1.29 is 9.47 Å². The molecular formula is C15H17N3O2. The van der Waals surface area contributed by atoms with Gasteiger partial charge >= 0.3 is 0 Å². The third kappa shape index (κ3) is 4.07. The Morgan fingerprint density at radius 2 is 1.90 bits per heavy atom. The van der Waals surface area contributed by atoms with E-state index in [1.165, 1.54) is 0 Å². The normalized spacial score (nSPS) is 10.2. The van der Waals surface area contributed by atoms with Crippen molar-refractivity contribution in [2.24, 2.45) is 5.73 Å². The number of nitrogens with two attached hydrogens (primary N) is 1. The van der Waals surface area contributed by atoms with Gasteiger partial charge in [-0.05, 0) is 18.2 Å². The predicted molar refractivity (Wildman–Crippen MR) is 76.8 cm³/mol. The van der Waals surface area contributed by atoms with E-state index in [0.29, 0.717) is 25.5 Å². The van der Waals surface area contributed by atoms with Gasteiger partial charge in [0.25, 0.3) is 0 Å². The second kappa shape index (κ2) is 7.25. The lowest BCUT2D eigenvalue weighted by Gasteiger charge is -2.09. The van der Waals surface area contributed by atoms with Crippen LogP contribution in [0.1, 0.15) is 11.3 Å². The molecule has 0 spiro atoms. The van der Waals surface area contributed by atoms with Crippen molar-refractivity contribution in [2.45, 2.75) is 6.61 Å². The minimum Gasteiger partial charge on any atom is -0.491 e. The maximum Gasteiger partial charge on any atom is 0.142 e. The van der Waals surface area contributed by atoms with Crippen LogP contribution in [0.2, 0.25) is 0 Å². The monoisotopic (exact) mass is 271 g/mol. The van der Waals surface area contributed by atoms with Crippen LogP contribution in [0.15, 0.2) is 48.7 Å². The van der Waals surface area contributed by atoms with Crippen molar-refractivity contribution >= 4 is 5.84 Å². The van der Waals surface area contributed by atoms with E-state index in [1.54, 1.807) is 12.3 Å². The summed E-state index contributed by atoms with van der Waals surface area (Å²) in [4.78, 5) is 4.06. The van der Waals surface area contributed by atoms with Gasteiger partial charge in [-0.2, -0.15) is 0 Å². The van der Waals surface area contributed by atoms with Gasteiger partial charge in [0.05, 0.1) is 13.2 Å². The van der Waals surface area contributed by atoms with Gasteiger partial charge in [-0.15, -0.1) is 0 Å². The van der Waals surface area contributed by atoms with Crippen molar-refractivity contribution in [3.8, 4) is 5.75 Å². The average Bonchev–Trinajstić information content (AvgIpc) is 2.48. The van der Waals surface area contributed by atoms with Crippen LogP contribution in [0.5, 0.6) is 5.75 Å². The van der Waals surface area contributed by atoms with E-state index in [-0.39, 0.29) is 5.84 Å². The number of nitrogen functional groups attached to an aromatic ring is 1. The number of para-hydroxylation sites is 1. The quantitative estimate of drug-likeness (QED) is 0.458. The smallest absolute Gasteiger partial charge is 0.142 e. The van der Waals surface area contributed by atoms with Crippen LogP contribution in [0, 0.1) is 5.41 Å². The summed E-state index contributed by atoms with van der Waals surface area (Å²) >= 11 is 0. The molecule has 0 fully saturated rings. The third-order valence-corrected chi connectivity index (χ3v) is 2.64. The van der Waals surface area contributed by atoms with E-state index < -0.39 is 0 Å². The van der Waals surface area contributed by atoms with Gasteiger partial charge in [-0.25, -0.2) is 0 Å². The second-order valence-corrected chi connectivity index (χ2v) is 4.14. The van der Waals surface area contributed by atoms with Crippen LogP contribution in [-0.4, -0.2) is 24.0 Å². The molecule has 2 rings (SSSR count). The summed E-state index contributed by atoms with van der Waals surface area (Å²) in [6.07, 6.45) is 1.61. The Morgan fingerprint density at radius 3 is 2.65 bits per heavy atom. The van der Waals surface area contributed by atoms with Gasteiger partial charge in [0.15, 0.2) is 0 Å². The van der Waals surface area contributed by atoms with Crippen molar-refractivity contribution in [3.63, 3.8) is 0 Å². The Balaban J connectivity index is 1.75. The summed E-state index contributed by atoms with van der Waals surface area (Å²) in [7, 11) is 0. The maximum atomic E-state index is 7.44. The lowest BCUT2D eigenvalue weighted by molar-refractivity contribution is 0.0887. The zero-order chi connectivity index (χ0) is 14.2. The molecule has 1 heterocycles. The Hall–Kier alpha value is -2.40. The Bertz CT molecular complexity index is 558. The summed E-state index contributed by atoms with van der Waals surface area (Å²) in [5, 5.41) is 7.44. The van der Waals surface area contributed by atoms with E-state index in [1.807, 2.05) is 36.4 Å². The lowest BCUT2D eigenvalue weighted by Crippen LogP contribution is -2.16. The molecule has 3 N–H and O–H groups in total. The van der Waals surface area contributed by atoms with E-state index in [0.717, 1.165) is 11.3 Å². The number of rotatable bonds is 7. The highest BCUT2D eigenvalue weighted by molar-refractivity contribution is 5.94. The number of amidine groups is 1. The summed E-state index contributed by atoms with van der Waals surface area (Å²) in [6, 6.07) is 13.2. The Kier molecular flexibility index (Phi) is 5.08. The van der Waals surface area contributed by atoms with Gasteiger partial charge in [0, 0.05) is 11.8 Å². The van der Waals surface area contributed by atoms with Crippen LogP contribution >= 0.6 is 0 Å². The number of pyridine rings is 1. The van der Waals surface area contributed by atoms with Crippen molar-refractivity contribution in [1.82, 2.24) is 4.98 Å². The largest absolute Gasteiger partial charge is 0.491 e. The molecule has 20 heavy (non-hydrogen) atoms. The third-order valence-electron chi connectivity index (χ3n) is 2.64. The van der Waals surface area contributed by atoms with Gasteiger partial charge in [-0.1, -0.05) is 24.3 Å². The summed E-state index contributed by atoms with van der Waals surface area (Å²) < 4.78 is 11.0. The van der Waals surface area contributed by atoms with E-state index in [4.69, 9.17) is 20.6 Å². The predicted octanol–water partition coefficient (Wildman–Crippen LogP) is 1.96. The fourth-order valence-corrected chi connectivity index (χ4v) is 1.71. The number of aromatic nitrogens is 1. The molecule has 104 valence electrons. The molecule has 0 bridgehead atoms. The highest BCUT2D eigenvalue weighted by Gasteiger charge is 2.05. The first kappa shape index (κ1) is 14.0. The van der Waals surface area contributed by atoms with Crippen LogP contribution in [-0.2, 0) is 11.3 Å². The molecule has 0 saturated carbocycles. The highest BCUT2D eigenvalue weighted by atomic mass is 16.5. The molecule has 0 aliphatic heterocycles. The zero-order valence-corrected chi connectivity index (χ0v) is 11.1. The van der Waals surface area contributed by atoms with E-state index in [9.17, 15) is 0 Å².